The molecule has 25 heavy (non-hydrogen) atoms. The summed E-state index contributed by atoms with van der Waals surface area (Å²) in [4.78, 5) is 46.9. The number of hydrogen-bond donors (Lipinski definition) is 7. The highest BCUT2D eigenvalue weighted by atomic mass is 32.1. The van der Waals surface area contributed by atoms with Crippen molar-refractivity contribution in [1.82, 2.24) is 16.0 Å². The lowest BCUT2D eigenvalue weighted by Crippen LogP contribution is -2.60. The van der Waals surface area contributed by atoms with E-state index in [1.165, 1.54) is 6.92 Å². The van der Waals surface area contributed by atoms with Gasteiger partial charge in [-0.1, -0.05) is 13.8 Å². The van der Waals surface area contributed by atoms with Crippen LogP contribution in [0.15, 0.2) is 0 Å². The van der Waals surface area contributed by atoms with Gasteiger partial charge in [-0.25, -0.2) is 4.79 Å². The number of carboxylic acids is 1. The molecular weight excluding hydrogens is 352 g/mol. The van der Waals surface area contributed by atoms with E-state index < -0.39 is 47.9 Å². The van der Waals surface area contributed by atoms with Crippen molar-refractivity contribution in [3.8, 4) is 0 Å². The number of hydrogen-bond acceptors (Lipinski definition) is 7. The number of carbonyl (C=O) groups is 4. The second kappa shape index (κ2) is 10.9. The predicted octanol–water partition coefficient (Wildman–Crippen LogP) is -2.55. The number of carbonyl (C=O) groups excluding carboxylic acids is 3. The summed E-state index contributed by atoms with van der Waals surface area (Å²) in [5.41, 5.74) is 5.21. The highest BCUT2D eigenvalue weighted by molar-refractivity contribution is 7.80. The van der Waals surface area contributed by atoms with Crippen molar-refractivity contribution in [3.05, 3.63) is 0 Å². The Balaban J connectivity index is 5.15. The molecule has 0 spiro atoms. The second-order valence-corrected chi connectivity index (χ2v) is 6.17. The van der Waals surface area contributed by atoms with Crippen LogP contribution in [0, 0.1) is 5.92 Å². The van der Waals surface area contributed by atoms with Crippen LogP contribution in [0.2, 0.25) is 0 Å². The number of amides is 3. The van der Waals surface area contributed by atoms with Crippen molar-refractivity contribution < 1.29 is 29.4 Å². The van der Waals surface area contributed by atoms with Crippen molar-refractivity contribution in [1.29, 1.82) is 0 Å². The van der Waals surface area contributed by atoms with Gasteiger partial charge in [0.2, 0.25) is 17.7 Å². The van der Waals surface area contributed by atoms with Crippen LogP contribution in [-0.2, 0) is 19.2 Å². The SMILES string of the molecule is CC(C)C(NC(=O)CN)C(=O)NC(C(=O)NC(CS)C(=O)O)C(C)O. The number of carboxylic acid groups (broad SMARTS) is 1. The van der Waals surface area contributed by atoms with E-state index in [9.17, 15) is 24.3 Å². The third-order valence-corrected chi connectivity index (χ3v) is 3.68. The minimum atomic E-state index is -1.40. The molecule has 0 radical (unpaired) electrons. The number of nitrogens with one attached hydrogen (secondary N) is 3. The zero-order chi connectivity index (χ0) is 19.7. The molecule has 3 amide bonds. The first-order valence-electron chi connectivity index (χ1n) is 7.67. The van der Waals surface area contributed by atoms with Gasteiger partial charge in [-0.15, -0.1) is 0 Å². The topological polar surface area (TPSA) is 171 Å². The zero-order valence-electron chi connectivity index (χ0n) is 14.4. The van der Waals surface area contributed by atoms with E-state index >= 15 is 0 Å². The Morgan fingerprint density at radius 3 is 1.88 bits per heavy atom. The summed E-state index contributed by atoms with van der Waals surface area (Å²) in [6, 6.07) is -3.64. The zero-order valence-corrected chi connectivity index (χ0v) is 15.2. The Labute approximate surface area is 151 Å². The number of aliphatic hydroxyl groups excluding tert-OH is 1. The summed E-state index contributed by atoms with van der Waals surface area (Å²) in [7, 11) is 0. The maximum Gasteiger partial charge on any atom is 0.327 e. The molecule has 0 bridgehead atoms. The first kappa shape index (κ1) is 23.1. The molecule has 0 fully saturated rings. The average molecular weight is 378 g/mol. The van der Waals surface area contributed by atoms with Gasteiger partial charge in [-0.2, -0.15) is 12.6 Å². The van der Waals surface area contributed by atoms with E-state index in [0.717, 1.165) is 0 Å². The van der Waals surface area contributed by atoms with E-state index in [1.807, 2.05) is 0 Å². The molecule has 144 valence electrons. The van der Waals surface area contributed by atoms with Gasteiger partial charge in [0, 0.05) is 5.75 Å². The van der Waals surface area contributed by atoms with Crippen LogP contribution in [0.1, 0.15) is 20.8 Å². The van der Waals surface area contributed by atoms with Crippen molar-refractivity contribution in [3.63, 3.8) is 0 Å². The number of nitrogens with two attached hydrogens (primary N) is 1. The lowest BCUT2D eigenvalue weighted by atomic mass is 10.0. The van der Waals surface area contributed by atoms with Crippen LogP contribution < -0.4 is 21.7 Å². The van der Waals surface area contributed by atoms with Crippen LogP contribution in [0.4, 0.5) is 0 Å². The van der Waals surface area contributed by atoms with Gasteiger partial charge in [0.15, 0.2) is 0 Å². The molecule has 0 rings (SSSR count). The largest absolute Gasteiger partial charge is 0.480 e. The van der Waals surface area contributed by atoms with Gasteiger partial charge in [-0.3, -0.25) is 14.4 Å². The van der Waals surface area contributed by atoms with Gasteiger partial charge in [0.25, 0.3) is 0 Å². The highest BCUT2D eigenvalue weighted by Crippen LogP contribution is 2.04. The Kier molecular flexibility index (Phi) is 10.1. The summed E-state index contributed by atoms with van der Waals surface area (Å²) >= 11 is 3.82. The molecule has 4 atom stereocenters. The molecule has 0 saturated carbocycles. The molecular formula is C14H26N4O6S. The Bertz CT molecular complexity index is 500. The fraction of sp³-hybridized carbons (Fsp3) is 0.714. The fourth-order valence-corrected chi connectivity index (χ4v) is 2.11. The lowest BCUT2D eigenvalue weighted by molar-refractivity contribution is -0.142. The number of rotatable bonds is 10. The molecule has 0 heterocycles. The van der Waals surface area contributed by atoms with Crippen molar-refractivity contribution in [2.45, 2.75) is 45.0 Å². The van der Waals surface area contributed by atoms with Crippen molar-refractivity contribution in [2.75, 3.05) is 12.3 Å². The number of aliphatic carboxylic acids is 1. The molecule has 7 N–H and O–H groups in total. The average Bonchev–Trinajstić information content (AvgIpc) is 2.53. The van der Waals surface area contributed by atoms with E-state index in [2.05, 4.69) is 28.6 Å². The Hall–Kier alpha value is -1.85. The normalized spacial score (nSPS) is 15.6. The molecule has 0 aromatic carbocycles. The maximum atomic E-state index is 12.4. The summed E-state index contributed by atoms with van der Waals surface area (Å²) in [5, 5.41) is 25.6. The summed E-state index contributed by atoms with van der Waals surface area (Å²) in [5.74, 6) is -3.89. The molecule has 4 unspecified atom stereocenters. The van der Waals surface area contributed by atoms with E-state index in [0.29, 0.717) is 0 Å². The number of thiol groups is 1. The minimum absolute atomic E-state index is 0.164. The first-order valence-corrected chi connectivity index (χ1v) is 8.30. The van der Waals surface area contributed by atoms with Crippen molar-refractivity contribution >= 4 is 36.3 Å². The Morgan fingerprint density at radius 2 is 1.52 bits per heavy atom. The van der Waals surface area contributed by atoms with E-state index in [1.54, 1.807) is 13.8 Å². The molecule has 10 nitrogen and oxygen atoms in total. The van der Waals surface area contributed by atoms with Crippen LogP contribution in [-0.4, -0.2) is 70.4 Å². The van der Waals surface area contributed by atoms with Crippen molar-refractivity contribution in [2.24, 2.45) is 11.7 Å². The first-order chi connectivity index (χ1) is 11.5. The second-order valence-electron chi connectivity index (χ2n) is 5.80. The van der Waals surface area contributed by atoms with Gasteiger partial charge >= 0.3 is 5.97 Å². The molecule has 0 aromatic heterocycles. The molecule has 0 aliphatic rings. The summed E-state index contributed by atoms with van der Waals surface area (Å²) in [6.07, 6.45) is -1.30. The van der Waals surface area contributed by atoms with Gasteiger partial charge in [-0.05, 0) is 12.8 Å². The lowest BCUT2D eigenvalue weighted by Gasteiger charge is -2.27. The Morgan fingerprint density at radius 1 is 1.00 bits per heavy atom. The molecule has 11 heteroatoms. The van der Waals surface area contributed by atoms with Crippen LogP contribution in [0.3, 0.4) is 0 Å². The van der Waals surface area contributed by atoms with Crippen LogP contribution >= 0.6 is 12.6 Å². The maximum absolute atomic E-state index is 12.4. The monoisotopic (exact) mass is 378 g/mol. The predicted molar refractivity (Wildman–Crippen MR) is 92.9 cm³/mol. The van der Waals surface area contributed by atoms with E-state index in [-0.39, 0.29) is 18.2 Å². The van der Waals surface area contributed by atoms with Crippen LogP contribution in [0.5, 0.6) is 0 Å². The van der Waals surface area contributed by atoms with Crippen LogP contribution in [0.25, 0.3) is 0 Å². The smallest absolute Gasteiger partial charge is 0.327 e. The third-order valence-electron chi connectivity index (χ3n) is 3.31. The van der Waals surface area contributed by atoms with E-state index in [4.69, 9.17) is 10.8 Å². The van der Waals surface area contributed by atoms with Gasteiger partial charge in [0.1, 0.15) is 18.1 Å². The molecule has 0 aliphatic heterocycles. The molecule has 0 saturated heterocycles. The molecule has 0 aliphatic carbocycles. The number of aliphatic hydroxyl groups is 1. The quantitative estimate of drug-likeness (QED) is 0.205. The summed E-state index contributed by atoms with van der Waals surface area (Å²) in [6.45, 7) is 4.32. The highest BCUT2D eigenvalue weighted by Gasteiger charge is 2.32. The third kappa shape index (κ3) is 7.71. The van der Waals surface area contributed by atoms with Gasteiger partial charge < -0.3 is 31.9 Å². The molecule has 0 aromatic rings. The summed E-state index contributed by atoms with van der Waals surface area (Å²) < 4.78 is 0. The minimum Gasteiger partial charge on any atom is -0.480 e. The van der Waals surface area contributed by atoms with Gasteiger partial charge in [0.05, 0.1) is 12.6 Å². The fourth-order valence-electron chi connectivity index (χ4n) is 1.86. The standard InChI is InChI=1S/C14H26N4O6S/c1-6(2)10(17-9(20)4-15)12(21)18-11(7(3)19)13(22)16-8(5-25)14(23)24/h6-8,10-11,19,25H,4-5,15H2,1-3H3,(H,16,22)(H,17,20)(H,18,21)(H,23,24).